The second kappa shape index (κ2) is 12.7. The van der Waals surface area contributed by atoms with Crippen molar-refractivity contribution in [2.45, 2.75) is 54.4 Å². The van der Waals surface area contributed by atoms with Crippen molar-refractivity contribution in [2.75, 3.05) is 0 Å². The molecule has 0 aliphatic heterocycles. The molecule has 0 nitrogen and oxygen atoms in total. The van der Waals surface area contributed by atoms with Gasteiger partial charge in [-0.05, 0) is 42.9 Å². The summed E-state index contributed by atoms with van der Waals surface area (Å²) in [6.45, 7) is 16.6. The van der Waals surface area contributed by atoms with E-state index in [2.05, 4.69) is 96.7 Å². The van der Waals surface area contributed by atoms with Crippen LogP contribution in [0.1, 0.15) is 59.1 Å². The van der Waals surface area contributed by atoms with E-state index in [1.165, 1.54) is 28.7 Å². The minimum atomic E-state index is 0.549. The highest BCUT2D eigenvalue weighted by atomic mass is 14.1. The summed E-state index contributed by atoms with van der Waals surface area (Å²) in [5.74, 6) is 0.549. The zero-order valence-electron chi connectivity index (χ0n) is 15.9. The summed E-state index contributed by atoms with van der Waals surface area (Å²) in [5, 5.41) is 0. The van der Waals surface area contributed by atoms with Gasteiger partial charge in [-0.3, -0.25) is 0 Å². The fraction of sp³-hybridized carbons (Fsp3) is 0.391. The summed E-state index contributed by atoms with van der Waals surface area (Å²) in [6.07, 6.45) is 12.9. The highest BCUT2D eigenvalue weighted by Gasteiger charge is 2.01. The molecular formula is C23H34. The molecule has 23 heavy (non-hydrogen) atoms. The van der Waals surface area contributed by atoms with Crippen LogP contribution in [0.3, 0.4) is 0 Å². The third-order valence-corrected chi connectivity index (χ3v) is 3.10. The Hall–Kier alpha value is -1.82. The quantitative estimate of drug-likeness (QED) is 0.480. The van der Waals surface area contributed by atoms with Gasteiger partial charge in [0.05, 0.1) is 0 Å². The molecule has 0 aliphatic carbocycles. The predicted octanol–water partition coefficient (Wildman–Crippen LogP) is 7.39. The lowest BCUT2D eigenvalue weighted by molar-refractivity contribution is 0.834. The van der Waals surface area contributed by atoms with Crippen LogP contribution in [0.5, 0.6) is 0 Å². The first kappa shape index (κ1) is 21.2. The summed E-state index contributed by atoms with van der Waals surface area (Å²) in [7, 11) is 0. The molecule has 0 heterocycles. The van der Waals surface area contributed by atoms with E-state index in [9.17, 15) is 0 Å². The smallest absolute Gasteiger partial charge is 0.00915 e. The molecule has 0 amide bonds. The highest BCUT2D eigenvalue weighted by Crippen LogP contribution is 2.20. The molecule has 0 heteroatoms. The largest absolute Gasteiger partial charge is 0.0988 e. The van der Waals surface area contributed by atoms with E-state index < -0.39 is 0 Å². The Balaban J connectivity index is 0.00000149. The molecule has 0 N–H and O–H groups in total. The Morgan fingerprint density at radius 1 is 1.22 bits per heavy atom. The van der Waals surface area contributed by atoms with Gasteiger partial charge in [0.1, 0.15) is 0 Å². The van der Waals surface area contributed by atoms with Crippen molar-refractivity contribution in [3.05, 3.63) is 77.9 Å². The number of hydrogen-bond acceptors (Lipinski definition) is 0. The average Bonchev–Trinajstić information content (AvgIpc) is 2.53. The van der Waals surface area contributed by atoms with Crippen molar-refractivity contribution in [1.29, 1.82) is 0 Å². The monoisotopic (exact) mass is 310 g/mol. The summed E-state index contributed by atoms with van der Waals surface area (Å²) in [5.41, 5.74) is 5.15. The van der Waals surface area contributed by atoms with Crippen LogP contribution in [0, 0.1) is 5.92 Å². The van der Waals surface area contributed by atoms with E-state index in [4.69, 9.17) is 0 Å². The van der Waals surface area contributed by atoms with E-state index in [1.807, 2.05) is 6.08 Å². The first-order valence-corrected chi connectivity index (χ1v) is 8.71. The van der Waals surface area contributed by atoms with Crippen molar-refractivity contribution < 1.29 is 0 Å². The number of hydrogen-bond donors (Lipinski definition) is 0. The van der Waals surface area contributed by atoms with Crippen molar-refractivity contribution in [1.82, 2.24) is 0 Å². The Kier molecular flexibility index (Phi) is 11.7. The van der Waals surface area contributed by atoms with E-state index >= 15 is 0 Å². The van der Waals surface area contributed by atoms with Crippen molar-refractivity contribution in [3.63, 3.8) is 0 Å². The SMILES string of the molecule is C=C/C(C)=C\Cc1cccc(C(/C=C\C)=C/C(C)C)c1.CCC. The van der Waals surface area contributed by atoms with Crippen LogP contribution in [-0.2, 0) is 6.42 Å². The molecule has 0 radical (unpaired) electrons. The number of benzene rings is 1. The molecule has 0 unspecified atom stereocenters. The van der Waals surface area contributed by atoms with Gasteiger partial charge in [0.25, 0.3) is 0 Å². The maximum atomic E-state index is 3.79. The first-order chi connectivity index (χ1) is 11.0. The molecule has 0 fully saturated rings. The molecule has 0 saturated carbocycles. The maximum absolute atomic E-state index is 3.79. The van der Waals surface area contributed by atoms with E-state index in [0.29, 0.717) is 5.92 Å². The molecule has 0 aliphatic rings. The van der Waals surface area contributed by atoms with E-state index in [0.717, 1.165) is 6.42 Å². The summed E-state index contributed by atoms with van der Waals surface area (Å²) in [4.78, 5) is 0. The topological polar surface area (TPSA) is 0 Å². The lowest BCUT2D eigenvalue weighted by Crippen LogP contribution is -1.89. The van der Waals surface area contributed by atoms with Gasteiger partial charge in [0.15, 0.2) is 0 Å². The Bertz CT molecular complexity index is 539. The molecule has 0 spiro atoms. The standard InChI is InChI=1S/C20H26.C3H8/c1-6-9-19(14-16(3)4)20-11-8-10-18(15-20)13-12-17(5)7-2;1-3-2/h6-12,14-16H,2,13H2,1,3-5H3;3H2,1-2H3/b9-6-,17-12-,19-14+;. The first-order valence-electron chi connectivity index (χ1n) is 8.71. The molecule has 0 bridgehead atoms. The van der Waals surface area contributed by atoms with E-state index in [-0.39, 0.29) is 0 Å². The highest BCUT2D eigenvalue weighted by molar-refractivity contribution is 5.74. The van der Waals surface area contributed by atoms with Crippen LogP contribution in [-0.4, -0.2) is 0 Å². The van der Waals surface area contributed by atoms with Crippen LogP contribution in [0.15, 0.2) is 66.8 Å². The molecular weight excluding hydrogens is 276 g/mol. The molecule has 1 aromatic rings. The van der Waals surface area contributed by atoms with Crippen LogP contribution < -0.4 is 0 Å². The fourth-order valence-electron chi connectivity index (χ4n) is 2.03. The third-order valence-electron chi connectivity index (χ3n) is 3.10. The normalized spacial score (nSPS) is 12.3. The van der Waals surface area contributed by atoms with Gasteiger partial charge in [0.2, 0.25) is 0 Å². The minimum absolute atomic E-state index is 0.549. The summed E-state index contributed by atoms with van der Waals surface area (Å²) < 4.78 is 0. The zero-order valence-corrected chi connectivity index (χ0v) is 15.9. The zero-order chi connectivity index (χ0) is 17.7. The van der Waals surface area contributed by atoms with Gasteiger partial charge in [-0.15, -0.1) is 0 Å². The van der Waals surface area contributed by atoms with Crippen LogP contribution in [0.25, 0.3) is 5.57 Å². The Morgan fingerprint density at radius 3 is 2.39 bits per heavy atom. The third kappa shape index (κ3) is 9.73. The summed E-state index contributed by atoms with van der Waals surface area (Å²) >= 11 is 0. The maximum Gasteiger partial charge on any atom is -0.00915 e. The van der Waals surface area contributed by atoms with E-state index in [1.54, 1.807) is 0 Å². The Morgan fingerprint density at radius 2 is 1.87 bits per heavy atom. The second-order valence-corrected chi connectivity index (χ2v) is 6.13. The van der Waals surface area contributed by atoms with Gasteiger partial charge in [-0.2, -0.15) is 0 Å². The number of rotatable bonds is 6. The lowest BCUT2D eigenvalue weighted by atomic mass is 9.98. The predicted molar refractivity (Wildman–Crippen MR) is 108 cm³/mol. The molecule has 0 saturated heterocycles. The average molecular weight is 311 g/mol. The number of allylic oxidation sites excluding steroid dienone is 7. The molecule has 0 aromatic heterocycles. The summed E-state index contributed by atoms with van der Waals surface area (Å²) in [6, 6.07) is 8.78. The molecule has 126 valence electrons. The van der Waals surface area contributed by atoms with Gasteiger partial charge >= 0.3 is 0 Å². The van der Waals surface area contributed by atoms with Crippen molar-refractivity contribution in [2.24, 2.45) is 5.92 Å². The molecule has 0 atom stereocenters. The van der Waals surface area contributed by atoms with Crippen LogP contribution in [0.2, 0.25) is 0 Å². The van der Waals surface area contributed by atoms with Gasteiger partial charge in [0, 0.05) is 0 Å². The van der Waals surface area contributed by atoms with Crippen LogP contribution >= 0.6 is 0 Å². The van der Waals surface area contributed by atoms with Crippen LogP contribution in [0.4, 0.5) is 0 Å². The van der Waals surface area contributed by atoms with Gasteiger partial charge in [-0.1, -0.05) is 101 Å². The van der Waals surface area contributed by atoms with Gasteiger partial charge in [-0.25, -0.2) is 0 Å². The van der Waals surface area contributed by atoms with Gasteiger partial charge < -0.3 is 0 Å². The molecule has 1 rings (SSSR count). The van der Waals surface area contributed by atoms with Crippen molar-refractivity contribution in [3.8, 4) is 0 Å². The second-order valence-electron chi connectivity index (χ2n) is 6.13. The fourth-order valence-corrected chi connectivity index (χ4v) is 2.03. The lowest BCUT2D eigenvalue weighted by Gasteiger charge is -2.07. The Labute approximate surface area is 144 Å². The molecule has 1 aromatic carbocycles. The van der Waals surface area contributed by atoms with Crippen molar-refractivity contribution >= 4 is 5.57 Å². The minimum Gasteiger partial charge on any atom is -0.0988 e.